The maximum atomic E-state index is 13.0. The number of hydrogen-bond donors (Lipinski definition) is 0. The standard InChI is InChI=1S/C23H27N3O3S/c1-16(2)29-19-9-8-17(14-20(19)28-3)23(27)26-12-10-25(11-13-26)15-22-24-18-6-4-5-7-21(18)30-22/h4-9,14,16H,10-13,15H2,1-3H3. The number of amides is 1. The van der Waals surface area contributed by atoms with Crippen LogP contribution in [0.3, 0.4) is 0 Å². The Morgan fingerprint density at radius 3 is 2.57 bits per heavy atom. The molecule has 2 aromatic carbocycles. The van der Waals surface area contributed by atoms with Crippen molar-refractivity contribution in [3.05, 3.63) is 53.0 Å². The number of fused-ring (bicyclic) bond motifs is 1. The van der Waals surface area contributed by atoms with E-state index in [-0.39, 0.29) is 12.0 Å². The fourth-order valence-corrected chi connectivity index (χ4v) is 4.63. The van der Waals surface area contributed by atoms with Crippen molar-refractivity contribution in [1.29, 1.82) is 0 Å². The largest absolute Gasteiger partial charge is 0.493 e. The Balaban J connectivity index is 1.37. The normalized spacial score (nSPS) is 15.0. The topological polar surface area (TPSA) is 54.9 Å². The molecule has 2 heterocycles. The van der Waals surface area contributed by atoms with Crippen molar-refractivity contribution in [2.75, 3.05) is 33.3 Å². The van der Waals surface area contributed by atoms with E-state index in [1.807, 2.05) is 43.0 Å². The molecule has 158 valence electrons. The predicted molar refractivity (Wildman–Crippen MR) is 120 cm³/mol. The van der Waals surface area contributed by atoms with Crippen LogP contribution >= 0.6 is 11.3 Å². The van der Waals surface area contributed by atoms with Gasteiger partial charge >= 0.3 is 0 Å². The van der Waals surface area contributed by atoms with Gasteiger partial charge in [0.25, 0.3) is 5.91 Å². The van der Waals surface area contributed by atoms with Crippen LogP contribution in [0.5, 0.6) is 11.5 Å². The van der Waals surface area contributed by atoms with Crippen LogP contribution in [-0.4, -0.2) is 60.1 Å². The van der Waals surface area contributed by atoms with Crippen molar-refractivity contribution < 1.29 is 14.3 Å². The molecule has 0 saturated carbocycles. The van der Waals surface area contributed by atoms with E-state index in [2.05, 4.69) is 17.0 Å². The Kier molecular flexibility index (Phi) is 6.20. The van der Waals surface area contributed by atoms with Gasteiger partial charge in [-0.15, -0.1) is 11.3 Å². The third kappa shape index (κ3) is 4.57. The highest BCUT2D eigenvalue weighted by Crippen LogP contribution is 2.30. The zero-order chi connectivity index (χ0) is 21.1. The van der Waals surface area contributed by atoms with Crippen molar-refractivity contribution in [3.8, 4) is 11.5 Å². The number of carbonyl (C=O) groups excluding carboxylic acids is 1. The molecule has 6 nitrogen and oxygen atoms in total. The molecule has 7 heteroatoms. The molecule has 30 heavy (non-hydrogen) atoms. The molecule has 1 aromatic heterocycles. The second kappa shape index (κ2) is 9.02. The number of carbonyl (C=O) groups is 1. The summed E-state index contributed by atoms with van der Waals surface area (Å²) in [5.74, 6) is 1.28. The highest BCUT2D eigenvalue weighted by atomic mass is 32.1. The first kappa shape index (κ1) is 20.6. The van der Waals surface area contributed by atoms with Crippen LogP contribution in [0.1, 0.15) is 29.2 Å². The van der Waals surface area contributed by atoms with E-state index in [1.165, 1.54) is 4.70 Å². The number of para-hydroxylation sites is 1. The minimum atomic E-state index is 0.0315. The fraction of sp³-hybridized carbons (Fsp3) is 0.391. The second-order valence-corrected chi connectivity index (χ2v) is 8.79. The first-order valence-corrected chi connectivity index (χ1v) is 11.1. The SMILES string of the molecule is COc1cc(C(=O)N2CCN(Cc3nc4ccccc4s3)CC2)ccc1OC(C)C. The number of thiazole rings is 1. The maximum Gasteiger partial charge on any atom is 0.254 e. The lowest BCUT2D eigenvalue weighted by molar-refractivity contribution is 0.0628. The summed E-state index contributed by atoms with van der Waals surface area (Å²) >= 11 is 1.75. The smallest absolute Gasteiger partial charge is 0.254 e. The van der Waals surface area contributed by atoms with Gasteiger partial charge in [-0.3, -0.25) is 9.69 Å². The average Bonchev–Trinajstić information content (AvgIpc) is 3.16. The first-order valence-electron chi connectivity index (χ1n) is 10.2. The van der Waals surface area contributed by atoms with Gasteiger partial charge in [0, 0.05) is 31.7 Å². The Bertz CT molecular complexity index is 992. The van der Waals surface area contributed by atoms with E-state index in [4.69, 9.17) is 14.5 Å². The zero-order valence-electron chi connectivity index (χ0n) is 17.6. The molecule has 1 aliphatic heterocycles. The molecule has 4 rings (SSSR count). The van der Waals surface area contributed by atoms with Crippen molar-refractivity contribution in [2.45, 2.75) is 26.5 Å². The molecule has 3 aromatic rings. The average molecular weight is 426 g/mol. The van der Waals surface area contributed by atoms with Gasteiger partial charge in [0.2, 0.25) is 0 Å². The molecule has 1 fully saturated rings. The van der Waals surface area contributed by atoms with Gasteiger partial charge in [-0.25, -0.2) is 4.98 Å². The van der Waals surface area contributed by atoms with Crippen molar-refractivity contribution in [3.63, 3.8) is 0 Å². The summed E-state index contributed by atoms with van der Waals surface area (Å²) in [5, 5.41) is 1.13. The highest BCUT2D eigenvalue weighted by Gasteiger charge is 2.24. The number of hydrogen-bond acceptors (Lipinski definition) is 6. The van der Waals surface area contributed by atoms with Gasteiger partial charge in [0.05, 0.1) is 30.0 Å². The van der Waals surface area contributed by atoms with Crippen LogP contribution in [0.2, 0.25) is 0 Å². The molecule has 0 bridgehead atoms. The maximum absolute atomic E-state index is 13.0. The number of nitrogens with zero attached hydrogens (tertiary/aromatic N) is 3. The third-order valence-corrected chi connectivity index (χ3v) is 6.15. The molecule has 1 saturated heterocycles. The number of ether oxygens (including phenoxy) is 2. The second-order valence-electron chi connectivity index (χ2n) is 7.68. The van der Waals surface area contributed by atoms with Crippen molar-refractivity contribution >= 4 is 27.5 Å². The lowest BCUT2D eigenvalue weighted by atomic mass is 10.1. The van der Waals surface area contributed by atoms with Crippen LogP contribution in [0.25, 0.3) is 10.2 Å². The molecule has 0 spiro atoms. The summed E-state index contributed by atoms with van der Waals surface area (Å²) in [7, 11) is 1.59. The summed E-state index contributed by atoms with van der Waals surface area (Å²) in [4.78, 5) is 22.0. The Morgan fingerprint density at radius 2 is 1.87 bits per heavy atom. The number of rotatable bonds is 6. The molecule has 0 aliphatic carbocycles. The highest BCUT2D eigenvalue weighted by molar-refractivity contribution is 7.18. The molecular weight excluding hydrogens is 398 g/mol. The van der Waals surface area contributed by atoms with Gasteiger partial charge in [-0.2, -0.15) is 0 Å². The van der Waals surface area contributed by atoms with Crippen molar-refractivity contribution in [1.82, 2.24) is 14.8 Å². The number of aromatic nitrogens is 1. The van der Waals surface area contributed by atoms with Gasteiger partial charge in [0.15, 0.2) is 11.5 Å². The molecule has 0 N–H and O–H groups in total. The van der Waals surface area contributed by atoms with Gasteiger partial charge in [-0.1, -0.05) is 12.1 Å². The van der Waals surface area contributed by atoms with Crippen LogP contribution in [0.4, 0.5) is 0 Å². The van der Waals surface area contributed by atoms with E-state index < -0.39 is 0 Å². The Hall–Kier alpha value is -2.64. The monoisotopic (exact) mass is 425 g/mol. The molecule has 1 aliphatic rings. The predicted octanol–water partition coefficient (Wildman–Crippen LogP) is 4.05. The van der Waals surface area contributed by atoms with E-state index >= 15 is 0 Å². The van der Waals surface area contributed by atoms with Crippen LogP contribution < -0.4 is 9.47 Å². The summed E-state index contributed by atoms with van der Waals surface area (Å²) in [5.41, 5.74) is 1.69. The first-order chi connectivity index (χ1) is 14.5. The Morgan fingerprint density at radius 1 is 1.10 bits per heavy atom. The van der Waals surface area contributed by atoms with Crippen molar-refractivity contribution in [2.24, 2.45) is 0 Å². The minimum Gasteiger partial charge on any atom is -0.493 e. The van der Waals surface area contributed by atoms with Crippen LogP contribution in [-0.2, 0) is 6.54 Å². The van der Waals surface area contributed by atoms with E-state index in [0.717, 1.165) is 30.2 Å². The molecule has 0 atom stereocenters. The molecule has 1 amide bonds. The van der Waals surface area contributed by atoms with Crippen LogP contribution in [0, 0.1) is 0 Å². The van der Waals surface area contributed by atoms with E-state index in [0.29, 0.717) is 30.2 Å². The summed E-state index contributed by atoms with van der Waals surface area (Å²) in [6.07, 6.45) is 0.0453. The van der Waals surface area contributed by atoms with Gasteiger partial charge in [0.1, 0.15) is 5.01 Å². The van der Waals surface area contributed by atoms with Crippen LogP contribution in [0.15, 0.2) is 42.5 Å². The Labute approximate surface area is 181 Å². The zero-order valence-corrected chi connectivity index (χ0v) is 18.4. The number of methoxy groups -OCH3 is 1. The fourth-order valence-electron chi connectivity index (χ4n) is 3.62. The minimum absolute atomic E-state index is 0.0315. The lowest BCUT2D eigenvalue weighted by Gasteiger charge is -2.34. The van der Waals surface area contributed by atoms with Gasteiger partial charge in [-0.05, 0) is 44.2 Å². The summed E-state index contributed by atoms with van der Waals surface area (Å²) in [6, 6.07) is 13.6. The lowest BCUT2D eigenvalue weighted by Crippen LogP contribution is -2.48. The summed E-state index contributed by atoms with van der Waals surface area (Å²) < 4.78 is 12.4. The van der Waals surface area contributed by atoms with E-state index in [9.17, 15) is 4.79 Å². The van der Waals surface area contributed by atoms with E-state index in [1.54, 1.807) is 24.5 Å². The third-order valence-electron chi connectivity index (χ3n) is 5.13. The van der Waals surface area contributed by atoms with Gasteiger partial charge < -0.3 is 14.4 Å². The number of benzene rings is 2. The number of piperazine rings is 1. The quantitative estimate of drug-likeness (QED) is 0.596. The summed E-state index contributed by atoms with van der Waals surface area (Å²) in [6.45, 7) is 7.85. The molecule has 0 radical (unpaired) electrons. The molecule has 0 unspecified atom stereocenters. The molecular formula is C23H27N3O3S.